The Morgan fingerprint density at radius 2 is 1.61 bits per heavy atom. The first-order valence-corrected chi connectivity index (χ1v) is 14.5. The summed E-state index contributed by atoms with van der Waals surface area (Å²) in [5, 5.41) is 55.1. The van der Waals surface area contributed by atoms with Crippen molar-refractivity contribution in [2.75, 3.05) is 6.61 Å². The zero-order chi connectivity index (χ0) is 27.3. The van der Waals surface area contributed by atoms with Gasteiger partial charge in [-0.15, -0.1) is 0 Å². The molecular weight excluding hydrogens is 492 g/mol. The van der Waals surface area contributed by atoms with E-state index in [2.05, 4.69) is 13.8 Å². The summed E-state index contributed by atoms with van der Waals surface area (Å²) in [5.41, 5.74) is -1.51. The van der Waals surface area contributed by atoms with Crippen LogP contribution in [0.2, 0.25) is 0 Å². The molecule has 4 aliphatic carbocycles. The molecule has 9 nitrogen and oxygen atoms in total. The topological polar surface area (TPSA) is 146 Å². The first-order chi connectivity index (χ1) is 17.8. The lowest BCUT2D eigenvalue weighted by Gasteiger charge is -2.66. The number of cyclic esters (lactones) is 1. The third-order valence-electron chi connectivity index (χ3n) is 12.2. The van der Waals surface area contributed by atoms with Crippen LogP contribution in [0.1, 0.15) is 78.6 Å². The van der Waals surface area contributed by atoms with Gasteiger partial charge in [0.1, 0.15) is 24.9 Å². The Bertz CT molecular complexity index is 1000. The molecule has 9 heteroatoms. The number of carbonyl (C=O) groups is 1. The lowest BCUT2D eigenvalue weighted by molar-refractivity contribution is -0.319. The van der Waals surface area contributed by atoms with E-state index in [4.69, 9.17) is 14.2 Å². The Morgan fingerprint density at radius 3 is 2.32 bits per heavy atom. The zero-order valence-corrected chi connectivity index (χ0v) is 22.7. The van der Waals surface area contributed by atoms with Crippen molar-refractivity contribution < 1.29 is 44.5 Å². The second kappa shape index (κ2) is 8.96. The first-order valence-electron chi connectivity index (χ1n) is 14.5. The van der Waals surface area contributed by atoms with Crippen LogP contribution in [0.15, 0.2) is 11.6 Å². The molecular formula is C29H44O9. The molecule has 13 atom stereocenters. The van der Waals surface area contributed by atoms with Gasteiger partial charge < -0.3 is 39.7 Å². The molecule has 0 spiro atoms. The van der Waals surface area contributed by atoms with Crippen molar-refractivity contribution >= 4 is 5.97 Å². The maximum Gasteiger partial charge on any atom is 0.331 e. The molecule has 0 aromatic rings. The normalized spacial score (nSPS) is 56.5. The molecule has 0 radical (unpaired) electrons. The summed E-state index contributed by atoms with van der Waals surface area (Å²) in [4.78, 5) is 11.8. The zero-order valence-electron chi connectivity index (χ0n) is 22.7. The summed E-state index contributed by atoms with van der Waals surface area (Å²) in [6.45, 7) is 6.33. The fourth-order valence-corrected chi connectivity index (χ4v) is 9.80. The number of carbonyl (C=O) groups excluding carboxylic acids is 1. The van der Waals surface area contributed by atoms with E-state index in [9.17, 15) is 30.3 Å². The van der Waals surface area contributed by atoms with Crippen molar-refractivity contribution in [2.45, 2.75) is 127 Å². The van der Waals surface area contributed by atoms with Crippen LogP contribution in [0.25, 0.3) is 0 Å². The highest BCUT2D eigenvalue weighted by atomic mass is 16.7. The highest BCUT2D eigenvalue weighted by Gasteiger charge is 2.70. The fourth-order valence-electron chi connectivity index (χ4n) is 9.80. The summed E-state index contributed by atoms with van der Waals surface area (Å²) in [5.74, 6) is 0.0978. The second-order valence-electron chi connectivity index (χ2n) is 13.7. The Hall–Kier alpha value is -1.07. The molecule has 0 aromatic carbocycles. The minimum Gasteiger partial charge on any atom is -0.458 e. The summed E-state index contributed by atoms with van der Waals surface area (Å²) >= 11 is 0. The van der Waals surface area contributed by atoms with Crippen LogP contribution < -0.4 is 0 Å². The molecule has 5 fully saturated rings. The molecule has 2 heterocycles. The van der Waals surface area contributed by atoms with Gasteiger partial charge in [0, 0.05) is 17.9 Å². The summed E-state index contributed by atoms with van der Waals surface area (Å²) < 4.78 is 17.0. The number of hydrogen-bond acceptors (Lipinski definition) is 9. The molecule has 2 aliphatic heterocycles. The van der Waals surface area contributed by atoms with Crippen molar-refractivity contribution in [2.24, 2.45) is 28.6 Å². The summed E-state index contributed by atoms with van der Waals surface area (Å²) in [7, 11) is 0. The SMILES string of the molecule is C[C@H]1O[C@H](O[C@H]2CC[C@]3(C)[C@H]4CC[C@]5(C)[C@@H](C6=CC(=O)OC6)CC[C@]5(O)[C@@H]4CC[C@]3(O)C2)[C@H](O)[C@H](O)[C@H]1O. The van der Waals surface area contributed by atoms with Crippen LogP contribution in [0, 0.1) is 28.6 Å². The number of hydrogen-bond donors (Lipinski definition) is 5. The molecule has 38 heavy (non-hydrogen) atoms. The monoisotopic (exact) mass is 536 g/mol. The Balaban J connectivity index is 1.19. The average Bonchev–Trinajstić information content (AvgIpc) is 3.41. The largest absolute Gasteiger partial charge is 0.458 e. The molecule has 0 amide bonds. The van der Waals surface area contributed by atoms with Gasteiger partial charge in [-0.25, -0.2) is 4.79 Å². The van der Waals surface area contributed by atoms with Crippen LogP contribution in [0.5, 0.6) is 0 Å². The van der Waals surface area contributed by atoms with E-state index in [0.29, 0.717) is 32.3 Å². The van der Waals surface area contributed by atoms with E-state index >= 15 is 0 Å². The van der Waals surface area contributed by atoms with Crippen molar-refractivity contribution in [1.29, 1.82) is 0 Å². The van der Waals surface area contributed by atoms with Crippen LogP contribution in [0.3, 0.4) is 0 Å². The second-order valence-corrected chi connectivity index (χ2v) is 13.7. The molecule has 0 bridgehead atoms. The van der Waals surface area contributed by atoms with Crippen LogP contribution in [0.4, 0.5) is 0 Å². The number of esters is 1. The van der Waals surface area contributed by atoms with E-state index in [0.717, 1.165) is 37.7 Å². The first kappa shape index (κ1) is 27.1. The average molecular weight is 537 g/mol. The van der Waals surface area contributed by atoms with Gasteiger partial charge in [-0.1, -0.05) is 13.8 Å². The quantitative estimate of drug-likeness (QED) is 0.268. The van der Waals surface area contributed by atoms with Crippen LogP contribution >= 0.6 is 0 Å². The van der Waals surface area contributed by atoms with Crippen LogP contribution in [-0.2, 0) is 19.0 Å². The maximum atomic E-state index is 12.4. The van der Waals surface area contributed by atoms with Gasteiger partial charge >= 0.3 is 5.97 Å². The Kier molecular flexibility index (Phi) is 6.40. The number of rotatable bonds is 3. The molecule has 214 valence electrons. The maximum absolute atomic E-state index is 12.4. The summed E-state index contributed by atoms with van der Waals surface area (Å²) in [6.07, 6.45) is 2.01. The van der Waals surface area contributed by atoms with Crippen LogP contribution in [-0.4, -0.2) is 86.1 Å². The van der Waals surface area contributed by atoms with E-state index in [1.54, 1.807) is 13.0 Å². The lowest BCUT2D eigenvalue weighted by Crippen LogP contribution is -2.67. The van der Waals surface area contributed by atoms with Gasteiger partial charge in [0.05, 0.1) is 23.4 Å². The van der Waals surface area contributed by atoms with Gasteiger partial charge in [0.25, 0.3) is 0 Å². The van der Waals surface area contributed by atoms with Crippen molar-refractivity contribution in [1.82, 2.24) is 0 Å². The van der Waals surface area contributed by atoms with Gasteiger partial charge in [0.2, 0.25) is 0 Å². The van der Waals surface area contributed by atoms with E-state index in [1.165, 1.54) is 0 Å². The molecule has 6 aliphatic rings. The molecule has 5 N–H and O–H groups in total. The number of ether oxygens (including phenoxy) is 3. The van der Waals surface area contributed by atoms with E-state index < -0.39 is 41.9 Å². The molecule has 1 saturated heterocycles. The standard InChI is InChI=1S/C29H44O9/c1-15-22(31)23(32)24(33)25(37-15)38-17-4-8-26(2)19-5-9-27(3)18(16-12-21(30)36-14-16)7-11-29(27,35)20(19)6-10-28(26,34)13-17/h12,15,17-20,22-25,31-35H,4-11,13-14H2,1-3H3/t15-,17+,18-,19+,20-,22+,23-,24-,25-,26-,27-,28+,29+/m1/s1. The number of aliphatic hydroxyl groups is 5. The Labute approximate surface area is 224 Å². The fraction of sp³-hybridized carbons (Fsp3) is 0.897. The predicted molar refractivity (Wildman–Crippen MR) is 134 cm³/mol. The smallest absolute Gasteiger partial charge is 0.331 e. The van der Waals surface area contributed by atoms with Crippen molar-refractivity contribution in [3.63, 3.8) is 0 Å². The molecule has 6 rings (SSSR count). The van der Waals surface area contributed by atoms with E-state index in [1.807, 2.05) is 0 Å². The van der Waals surface area contributed by atoms with Crippen molar-refractivity contribution in [3.05, 3.63) is 11.6 Å². The van der Waals surface area contributed by atoms with Gasteiger partial charge in [-0.2, -0.15) is 0 Å². The number of fused-ring (bicyclic) bond motifs is 5. The highest BCUT2D eigenvalue weighted by molar-refractivity contribution is 5.85. The van der Waals surface area contributed by atoms with Gasteiger partial charge in [-0.05, 0) is 87.0 Å². The summed E-state index contributed by atoms with van der Waals surface area (Å²) in [6, 6.07) is 0. The highest BCUT2D eigenvalue weighted by Crippen LogP contribution is 2.70. The number of aliphatic hydroxyl groups excluding tert-OH is 3. The third-order valence-corrected chi connectivity index (χ3v) is 12.2. The Morgan fingerprint density at radius 1 is 0.895 bits per heavy atom. The van der Waals surface area contributed by atoms with Gasteiger partial charge in [0.15, 0.2) is 6.29 Å². The minimum atomic E-state index is -1.36. The van der Waals surface area contributed by atoms with E-state index in [-0.39, 0.29) is 40.7 Å². The van der Waals surface area contributed by atoms with Crippen molar-refractivity contribution in [3.8, 4) is 0 Å². The minimum absolute atomic E-state index is 0.0774. The lowest BCUT2D eigenvalue weighted by atomic mass is 9.42. The predicted octanol–water partition coefficient (Wildman–Crippen LogP) is 1.57. The molecule has 4 saturated carbocycles. The third kappa shape index (κ3) is 3.65. The van der Waals surface area contributed by atoms with Gasteiger partial charge in [-0.3, -0.25) is 0 Å². The molecule has 0 aromatic heterocycles. The molecule has 0 unspecified atom stereocenters.